The molecule has 1 aromatic carbocycles. The molecule has 1 aliphatic carbocycles. The smallest absolute Gasteiger partial charge is 0.394 e. The van der Waals surface area contributed by atoms with E-state index in [2.05, 4.69) is 15.1 Å². The zero-order chi connectivity index (χ0) is 24.1. The fourth-order valence-corrected chi connectivity index (χ4v) is 4.98. The van der Waals surface area contributed by atoms with Crippen LogP contribution in [0.1, 0.15) is 23.6 Å². The quantitative estimate of drug-likeness (QED) is 0.428. The van der Waals surface area contributed by atoms with Crippen molar-refractivity contribution in [3.8, 4) is 22.5 Å². The highest BCUT2D eigenvalue weighted by Crippen LogP contribution is 2.38. The minimum atomic E-state index is -5.45. The second kappa shape index (κ2) is 8.18. The Morgan fingerprint density at radius 1 is 1.18 bits per heavy atom. The first-order chi connectivity index (χ1) is 16.2. The lowest BCUT2D eigenvalue weighted by molar-refractivity contribution is -0.0451. The first kappa shape index (κ1) is 22.5. The second-order valence-electron chi connectivity index (χ2n) is 7.88. The molecule has 5 rings (SSSR count). The van der Waals surface area contributed by atoms with Gasteiger partial charge in [0.25, 0.3) is 0 Å². The summed E-state index contributed by atoms with van der Waals surface area (Å²) in [7, 11) is -5.45. The lowest BCUT2D eigenvalue weighted by atomic mass is 9.99. The first-order valence-corrected chi connectivity index (χ1v) is 11.8. The fraction of sp³-hybridized carbons (Fsp3) is 0.286. The summed E-state index contributed by atoms with van der Waals surface area (Å²) in [4.78, 5) is 8.41. The highest BCUT2D eigenvalue weighted by molar-refractivity contribution is 7.90. The van der Waals surface area contributed by atoms with E-state index >= 15 is 0 Å². The number of hydrogen-bond donors (Lipinski definition) is 2. The maximum Gasteiger partial charge on any atom is 0.511 e. The molecule has 0 amide bonds. The van der Waals surface area contributed by atoms with E-state index < -0.39 is 21.6 Å². The van der Waals surface area contributed by atoms with Crippen molar-refractivity contribution in [3.63, 3.8) is 0 Å². The Bertz CT molecular complexity index is 1480. The Morgan fingerprint density at radius 2 is 1.97 bits per heavy atom. The van der Waals surface area contributed by atoms with Gasteiger partial charge >= 0.3 is 15.5 Å². The van der Waals surface area contributed by atoms with Crippen molar-refractivity contribution < 1.29 is 26.7 Å². The summed E-state index contributed by atoms with van der Waals surface area (Å²) in [6, 6.07) is 6.06. The number of nitrogens with zero attached hydrogens (tertiary/aromatic N) is 5. The van der Waals surface area contributed by atoms with Crippen LogP contribution in [0.2, 0.25) is 0 Å². The molecule has 9 nitrogen and oxygen atoms in total. The number of alkyl halides is 3. The molecule has 13 heteroatoms. The molecule has 3 heterocycles. The van der Waals surface area contributed by atoms with Crippen LogP contribution in [0.5, 0.6) is 0 Å². The molecule has 3 aromatic heterocycles. The lowest BCUT2D eigenvalue weighted by Gasteiger charge is -2.16. The topological polar surface area (TPSA) is 114 Å². The number of aliphatic hydroxyl groups excluding tert-OH is 1. The van der Waals surface area contributed by atoms with Crippen molar-refractivity contribution in [2.75, 3.05) is 6.61 Å². The van der Waals surface area contributed by atoms with Gasteiger partial charge in [-0.05, 0) is 35.6 Å². The molecule has 0 spiro atoms. The lowest BCUT2D eigenvalue weighted by Crippen LogP contribution is -2.38. The zero-order valence-corrected chi connectivity index (χ0v) is 18.4. The van der Waals surface area contributed by atoms with E-state index in [0.29, 0.717) is 23.5 Å². The summed E-state index contributed by atoms with van der Waals surface area (Å²) < 4.78 is 66.8. The van der Waals surface area contributed by atoms with E-state index in [1.807, 2.05) is 6.07 Å². The minimum Gasteiger partial charge on any atom is -0.394 e. The second-order valence-corrected chi connectivity index (χ2v) is 9.58. The average Bonchev–Trinajstić information content (AvgIpc) is 3.51. The number of aryl methyl sites for hydroxylation is 1. The molecule has 0 saturated heterocycles. The highest BCUT2D eigenvalue weighted by Gasteiger charge is 2.47. The number of hydrogen-bond acceptors (Lipinski definition) is 6. The largest absolute Gasteiger partial charge is 0.511 e. The molecule has 1 aliphatic rings. The molecule has 178 valence electrons. The zero-order valence-electron chi connectivity index (χ0n) is 17.6. The first-order valence-electron chi connectivity index (χ1n) is 10.4. The summed E-state index contributed by atoms with van der Waals surface area (Å²) in [5, 5.41) is 14.0. The van der Waals surface area contributed by atoms with Gasteiger partial charge in [-0.15, -0.1) is 0 Å². The summed E-state index contributed by atoms with van der Waals surface area (Å²) in [6.07, 6.45) is 7.43. The SMILES string of the molecule is O=S(=O)(NC1CCc2cc(-c3cn(CCO)nc3-c3ccnc4nccn34)ccc21)C(F)(F)F. The van der Waals surface area contributed by atoms with Crippen molar-refractivity contribution in [1.82, 2.24) is 28.9 Å². The summed E-state index contributed by atoms with van der Waals surface area (Å²) in [5.41, 5.74) is -1.23. The maximum atomic E-state index is 12.8. The van der Waals surface area contributed by atoms with Gasteiger partial charge in [0, 0.05) is 36.4 Å². The Kier molecular flexibility index (Phi) is 5.41. The number of aliphatic hydroxyl groups is 1. The standard InChI is InChI=1S/C21H19F3N6O3S/c22-21(23,24)34(32,33)28-17-4-2-13-11-14(1-3-15(13)17)16-12-29(9-10-31)27-19(16)18-5-6-25-20-26-7-8-30(18)20/h1,3,5-8,11-12,17,28,31H,2,4,9-10H2. The third-order valence-electron chi connectivity index (χ3n) is 5.77. The van der Waals surface area contributed by atoms with Crippen LogP contribution in [-0.2, 0) is 23.0 Å². The van der Waals surface area contributed by atoms with Crippen molar-refractivity contribution in [1.29, 1.82) is 0 Å². The number of imidazole rings is 1. The number of nitrogens with one attached hydrogen (secondary N) is 1. The number of rotatable bonds is 6. The third-order valence-corrected chi connectivity index (χ3v) is 6.97. The minimum absolute atomic E-state index is 0.109. The maximum absolute atomic E-state index is 12.8. The predicted molar refractivity (Wildman–Crippen MR) is 116 cm³/mol. The van der Waals surface area contributed by atoms with Crippen molar-refractivity contribution in [2.24, 2.45) is 0 Å². The third kappa shape index (κ3) is 3.85. The van der Waals surface area contributed by atoms with Crippen molar-refractivity contribution in [3.05, 3.63) is 60.2 Å². The molecule has 0 fully saturated rings. The van der Waals surface area contributed by atoms with E-state index in [-0.39, 0.29) is 19.6 Å². The Balaban J connectivity index is 1.55. The summed E-state index contributed by atoms with van der Waals surface area (Å²) in [5.74, 6) is 0.494. The van der Waals surface area contributed by atoms with Gasteiger partial charge in [0.1, 0.15) is 5.69 Å². The van der Waals surface area contributed by atoms with Gasteiger partial charge in [-0.1, -0.05) is 18.2 Å². The Labute approximate surface area is 191 Å². The van der Waals surface area contributed by atoms with Gasteiger partial charge < -0.3 is 5.11 Å². The van der Waals surface area contributed by atoms with E-state index in [0.717, 1.165) is 22.4 Å². The molecule has 2 N–H and O–H groups in total. The summed E-state index contributed by atoms with van der Waals surface area (Å²) >= 11 is 0. The molecule has 0 aliphatic heterocycles. The van der Waals surface area contributed by atoms with E-state index in [4.69, 9.17) is 0 Å². The molecule has 0 saturated carbocycles. The number of halogens is 3. The molecule has 0 radical (unpaired) electrons. The van der Waals surface area contributed by atoms with Crippen LogP contribution in [0.4, 0.5) is 13.2 Å². The fourth-order valence-electron chi connectivity index (χ4n) is 4.23. The van der Waals surface area contributed by atoms with E-state index in [1.54, 1.807) is 56.8 Å². The van der Waals surface area contributed by atoms with Gasteiger partial charge in [0.15, 0.2) is 0 Å². The molecular formula is C21H19F3N6O3S. The molecular weight excluding hydrogens is 473 g/mol. The van der Waals surface area contributed by atoms with Gasteiger partial charge in [-0.25, -0.2) is 18.4 Å². The van der Waals surface area contributed by atoms with Crippen LogP contribution in [-0.4, -0.2) is 49.8 Å². The number of benzene rings is 1. The Morgan fingerprint density at radius 3 is 2.74 bits per heavy atom. The van der Waals surface area contributed by atoms with E-state index in [9.17, 15) is 26.7 Å². The Hall–Kier alpha value is -3.29. The van der Waals surface area contributed by atoms with Crippen LogP contribution >= 0.6 is 0 Å². The van der Waals surface area contributed by atoms with Gasteiger partial charge in [-0.3, -0.25) is 9.08 Å². The molecule has 1 atom stereocenters. The molecule has 1 unspecified atom stereocenters. The monoisotopic (exact) mass is 492 g/mol. The van der Waals surface area contributed by atoms with Crippen LogP contribution in [0.25, 0.3) is 28.3 Å². The number of fused-ring (bicyclic) bond motifs is 2. The van der Waals surface area contributed by atoms with Crippen LogP contribution in [0.3, 0.4) is 0 Å². The van der Waals surface area contributed by atoms with E-state index in [1.165, 1.54) is 0 Å². The number of aromatic nitrogens is 5. The van der Waals surface area contributed by atoms with Crippen LogP contribution in [0.15, 0.2) is 49.1 Å². The molecule has 0 bridgehead atoms. The molecule has 34 heavy (non-hydrogen) atoms. The van der Waals surface area contributed by atoms with Crippen molar-refractivity contribution >= 4 is 15.8 Å². The predicted octanol–water partition coefficient (Wildman–Crippen LogP) is 2.68. The molecule has 4 aromatic rings. The summed E-state index contributed by atoms with van der Waals surface area (Å²) in [6.45, 7) is 0.167. The highest BCUT2D eigenvalue weighted by atomic mass is 32.2. The van der Waals surface area contributed by atoms with Gasteiger partial charge in [-0.2, -0.15) is 23.0 Å². The normalized spacial score (nSPS) is 16.3. The van der Waals surface area contributed by atoms with Crippen LogP contribution in [0, 0.1) is 0 Å². The van der Waals surface area contributed by atoms with Crippen molar-refractivity contribution in [2.45, 2.75) is 30.9 Å². The van der Waals surface area contributed by atoms with Crippen LogP contribution < -0.4 is 4.72 Å². The number of sulfonamides is 1. The van der Waals surface area contributed by atoms with Gasteiger partial charge in [0.2, 0.25) is 5.78 Å². The average molecular weight is 492 g/mol. The van der Waals surface area contributed by atoms with Gasteiger partial charge in [0.05, 0.1) is 18.8 Å².